The first kappa shape index (κ1) is 18.4. The van der Waals surface area contributed by atoms with Gasteiger partial charge in [-0.1, -0.05) is 44.0 Å². The third-order valence-electron chi connectivity index (χ3n) is 3.55. The molecule has 0 unspecified atom stereocenters. The molecular formula is C20H14Br2N2O2. The molecule has 0 radical (unpaired) electrons. The van der Waals surface area contributed by atoms with Crippen molar-refractivity contribution in [1.29, 1.82) is 0 Å². The Balaban J connectivity index is 1.90. The summed E-state index contributed by atoms with van der Waals surface area (Å²) in [5.41, 5.74) is 2.51. The Labute approximate surface area is 167 Å². The highest BCUT2D eigenvalue weighted by Gasteiger charge is 2.02. The Bertz CT molecular complexity index is 1000. The van der Waals surface area contributed by atoms with E-state index in [-0.39, 0.29) is 11.5 Å². The highest BCUT2D eigenvalue weighted by molar-refractivity contribution is 9.10. The number of rotatable bonds is 4. The normalized spacial score (nSPS) is 11.5. The van der Waals surface area contributed by atoms with Gasteiger partial charge in [-0.3, -0.25) is 9.98 Å². The Kier molecular flexibility index (Phi) is 5.85. The lowest BCUT2D eigenvalue weighted by atomic mass is 10.2. The predicted octanol–water partition coefficient (Wildman–Crippen LogP) is 6.12. The van der Waals surface area contributed by atoms with E-state index in [1.807, 2.05) is 30.3 Å². The van der Waals surface area contributed by atoms with Gasteiger partial charge in [0.05, 0.1) is 11.4 Å². The maximum Gasteiger partial charge on any atom is 0.125 e. The summed E-state index contributed by atoms with van der Waals surface area (Å²) < 4.78 is 1.65. The van der Waals surface area contributed by atoms with Gasteiger partial charge in [0, 0.05) is 32.5 Å². The molecule has 4 nitrogen and oxygen atoms in total. The number of hydrogen-bond donors (Lipinski definition) is 2. The van der Waals surface area contributed by atoms with Gasteiger partial charge in [-0.2, -0.15) is 0 Å². The number of para-hydroxylation sites is 2. The summed E-state index contributed by atoms with van der Waals surface area (Å²) in [5, 5.41) is 19.9. The first-order chi connectivity index (χ1) is 12.5. The van der Waals surface area contributed by atoms with Crippen molar-refractivity contribution in [3.05, 3.63) is 80.7 Å². The second-order valence-electron chi connectivity index (χ2n) is 5.41. The van der Waals surface area contributed by atoms with E-state index in [1.165, 1.54) is 0 Å². The van der Waals surface area contributed by atoms with E-state index >= 15 is 0 Å². The number of benzene rings is 3. The largest absolute Gasteiger partial charge is 0.507 e. The number of halogens is 2. The molecule has 0 aliphatic carbocycles. The van der Waals surface area contributed by atoms with Crippen molar-refractivity contribution >= 4 is 55.7 Å². The standard InChI is InChI=1S/C20H14Br2N2O2/c21-15-7-8-19(25)14(9-15)12-24-18-4-2-1-3-17(18)23-11-13-5-6-16(22)10-20(13)26/h1-12,25-26H. The minimum Gasteiger partial charge on any atom is -0.507 e. The van der Waals surface area contributed by atoms with E-state index in [4.69, 9.17) is 0 Å². The van der Waals surface area contributed by atoms with Gasteiger partial charge in [0.2, 0.25) is 0 Å². The molecule has 130 valence electrons. The van der Waals surface area contributed by atoms with Crippen LogP contribution in [0.25, 0.3) is 0 Å². The molecule has 0 aliphatic rings. The van der Waals surface area contributed by atoms with Crippen LogP contribution >= 0.6 is 31.9 Å². The minimum absolute atomic E-state index is 0.142. The van der Waals surface area contributed by atoms with Crippen molar-refractivity contribution in [1.82, 2.24) is 0 Å². The third kappa shape index (κ3) is 4.59. The van der Waals surface area contributed by atoms with Gasteiger partial charge in [0.1, 0.15) is 11.5 Å². The predicted molar refractivity (Wildman–Crippen MR) is 113 cm³/mol. The molecule has 0 saturated heterocycles. The molecule has 0 saturated carbocycles. The van der Waals surface area contributed by atoms with Crippen molar-refractivity contribution < 1.29 is 10.2 Å². The first-order valence-corrected chi connectivity index (χ1v) is 9.26. The molecule has 2 N–H and O–H groups in total. The molecule has 0 spiro atoms. The number of aliphatic imine (C=N–C) groups is 2. The molecule has 3 aromatic rings. The Hall–Kier alpha value is -2.44. The van der Waals surface area contributed by atoms with E-state index < -0.39 is 0 Å². The molecule has 3 aromatic carbocycles. The summed E-state index contributed by atoms with van der Waals surface area (Å²) in [5.74, 6) is 0.292. The topological polar surface area (TPSA) is 65.2 Å². The zero-order valence-corrected chi connectivity index (χ0v) is 16.6. The van der Waals surface area contributed by atoms with Gasteiger partial charge >= 0.3 is 0 Å². The molecular weight excluding hydrogens is 460 g/mol. The molecule has 0 atom stereocenters. The van der Waals surface area contributed by atoms with Crippen molar-refractivity contribution in [2.75, 3.05) is 0 Å². The molecule has 26 heavy (non-hydrogen) atoms. The lowest BCUT2D eigenvalue weighted by molar-refractivity contribution is 0.473. The average Bonchev–Trinajstić information content (AvgIpc) is 2.62. The van der Waals surface area contributed by atoms with Gasteiger partial charge in [-0.15, -0.1) is 0 Å². The number of phenols is 2. The van der Waals surface area contributed by atoms with Crippen molar-refractivity contribution in [3.8, 4) is 11.5 Å². The summed E-state index contributed by atoms with van der Waals surface area (Å²) in [4.78, 5) is 8.87. The smallest absolute Gasteiger partial charge is 0.125 e. The molecule has 0 aliphatic heterocycles. The molecule has 3 rings (SSSR count). The van der Waals surface area contributed by atoms with Crippen LogP contribution in [0.3, 0.4) is 0 Å². The van der Waals surface area contributed by atoms with Crippen LogP contribution in [-0.4, -0.2) is 22.6 Å². The van der Waals surface area contributed by atoms with E-state index in [2.05, 4.69) is 41.8 Å². The lowest BCUT2D eigenvalue weighted by Gasteiger charge is -2.02. The van der Waals surface area contributed by atoms with Gasteiger partial charge in [-0.25, -0.2) is 0 Å². The fourth-order valence-corrected chi connectivity index (χ4v) is 2.94. The second kappa shape index (κ2) is 8.29. The van der Waals surface area contributed by atoms with Crippen LogP contribution in [0, 0.1) is 0 Å². The summed E-state index contributed by atoms with van der Waals surface area (Å²) in [6, 6.07) is 17.8. The van der Waals surface area contributed by atoms with E-state index in [1.54, 1.807) is 42.8 Å². The highest BCUT2D eigenvalue weighted by atomic mass is 79.9. The van der Waals surface area contributed by atoms with Gasteiger partial charge in [0.25, 0.3) is 0 Å². The van der Waals surface area contributed by atoms with Crippen LogP contribution in [0.4, 0.5) is 11.4 Å². The SMILES string of the molecule is Oc1cc(Br)ccc1C=Nc1ccccc1N=Cc1cc(Br)ccc1O. The average molecular weight is 474 g/mol. The molecule has 0 aromatic heterocycles. The molecule has 0 bridgehead atoms. The summed E-state index contributed by atoms with van der Waals surface area (Å²) in [6.07, 6.45) is 3.18. The van der Waals surface area contributed by atoms with Crippen LogP contribution in [0.1, 0.15) is 11.1 Å². The van der Waals surface area contributed by atoms with E-state index in [9.17, 15) is 10.2 Å². The Morgan fingerprint density at radius 2 is 1.23 bits per heavy atom. The van der Waals surface area contributed by atoms with Crippen LogP contribution in [0.15, 0.2) is 79.6 Å². The monoisotopic (exact) mass is 472 g/mol. The number of hydrogen-bond acceptors (Lipinski definition) is 4. The van der Waals surface area contributed by atoms with Gasteiger partial charge in [0.15, 0.2) is 0 Å². The quantitative estimate of drug-likeness (QED) is 0.448. The molecule has 0 amide bonds. The zero-order chi connectivity index (χ0) is 18.5. The van der Waals surface area contributed by atoms with Crippen LogP contribution < -0.4 is 0 Å². The van der Waals surface area contributed by atoms with E-state index in [0.29, 0.717) is 22.5 Å². The summed E-state index contributed by atoms with van der Waals surface area (Å²) in [7, 11) is 0. The highest BCUT2D eigenvalue weighted by Crippen LogP contribution is 2.29. The number of aromatic hydroxyl groups is 2. The van der Waals surface area contributed by atoms with Gasteiger partial charge < -0.3 is 10.2 Å². The summed E-state index contributed by atoms with van der Waals surface area (Å²) in [6.45, 7) is 0. The molecule has 6 heteroatoms. The van der Waals surface area contributed by atoms with E-state index in [0.717, 1.165) is 8.95 Å². The van der Waals surface area contributed by atoms with Crippen LogP contribution in [0.2, 0.25) is 0 Å². The number of nitrogens with zero attached hydrogens (tertiary/aromatic N) is 2. The minimum atomic E-state index is 0.142. The van der Waals surface area contributed by atoms with Crippen molar-refractivity contribution in [2.24, 2.45) is 9.98 Å². The second-order valence-corrected chi connectivity index (χ2v) is 7.24. The van der Waals surface area contributed by atoms with Gasteiger partial charge in [-0.05, 0) is 48.5 Å². The lowest BCUT2D eigenvalue weighted by Crippen LogP contribution is -1.83. The maximum atomic E-state index is 9.96. The zero-order valence-electron chi connectivity index (χ0n) is 13.5. The fraction of sp³-hybridized carbons (Fsp3) is 0. The third-order valence-corrected chi connectivity index (χ3v) is 4.54. The Morgan fingerprint density at radius 1 is 0.654 bits per heavy atom. The number of phenolic OH excluding ortho intramolecular Hbond substituents is 2. The summed E-state index contributed by atoms with van der Waals surface area (Å²) >= 11 is 6.69. The Morgan fingerprint density at radius 3 is 1.88 bits per heavy atom. The first-order valence-electron chi connectivity index (χ1n) is 7.67. The molecule has 0 heterocycles. The van der Waals surface area contributed by atoms with Crippen molar-refractivity contribution in [3.63, 3.8) is 0 Å². The molecule has 0 fully saturated rings. The van der Waals surface area contributed by atoms with Crippen LogP contribution in [-0.2, 0) is 0 Å². The fourth-order valence-electron chi connectivity index (χ4n) is 2.22. The maximum absolute atomic E-state index is 9.96. The van der Waals surface area contributed by atoms with Crippen LogP contribution in [0.5, 0.6) is 11.5 Å². The van der Waals surface area contributed by atoms with Crippen molar-refractivity contribution in [2.45, 2.75) is 0 Å².